The lowest BCUT2D eigenvalue weighted by atomic mass is 10.1. The maximum atomic E-state index is 12.6. The number of rotatable bonds is 6. The van der Waals surface area contributed by atoms with E-state index in [-0.39, 0.29) is 12.5 Å². The van der Waals surface area contributed by atoms with Gasteiger partial charge in [0.2, 0.25) is 5.91 Å². The molecule has 0 atom stereocenters. The minimum absolute atomic E-state index is 0.172. The summed E-state index contributed by atoms with van der Waals surface area (Å²) in [4.78, 5) is 40.4. The van der Waals surface area contributed by atoms with Crippen LogP contribution in [-0.2, 0) is 9.59 Å². The van der Waals surface area contributed by atoms with Crippen molar-refractivity contribution in [3.8, 4) is 5.75 Å². The second-order valence-electron chi connectivity index (χ2n) is 6.50. The third-order valence-corrected chi connectivity index (χ3v) is 6.01. The number of amides is 3. The Labute approximate surface area is 176 Å². The van der Waals surface area contributed by atoms with Crippen LogP contribution in [-0.4, -0.2) is 53.1 Å². The molecule has 0 aromatic heterocycles. The number of halogens is 1. The molecule has 2 fully saturated rings. The highest BCUT2D eigenvalue weighted by Crippen LogP contribution is 2.34. The Balaban J connectivity index is 1.69. The zero-order chi connectivity index (χ0) is 20.1. The average molecular weight is 465 g/mol. The number of carbonyl (C=O) groups is 3. The van der Waals surface area contributed by atoms with E-state index in [9.17, 15) is 14.4 Å². The summed E-state index contributed by atoms with van der Waals surface area (Å²) in [6.07, 6.45) is 6.35. The van der Waals surface area contributed by atoms with E-state index in [2.05, 4.69) is 22.5 Å². The Bertz CT molecular complexity index is 833. The lowest BCUT2D eigenvalue weighted by Crippen LogP contribution is -2.44. The molecule has 148 valence electrons. The quantitative estimate of drug-likeness (QED) is 0.468. The van der Waals surface area contributed by atoms with Crippen molar-refractivity contribution >= 4 is 50.8 Å². The van der Waals surface area contributed by atoms with Crippen LogP contribution in [0.1, 0.15) is 24.8 Å². The standard InChI is InChI=1S/C20H21BrN2O4S/c1-2-10-27-16-7-6-14(11-15(16)21)12-17-19(25)23(20(26)28-17)13-18(24)22-8-4-3-5-9-22/h2,6-7,11-12H,1,3-5,8-10,13H2. The molecule has 2 saturated heterocycles. The SMILES string of the molecule is C=CCOc1ccc(C=C2SC(=O)N(CC(=O)N3CCCCC3)C2=O)cc1Br. The van der Waals surface area contributed by atoms with Crippen LogP contribution in [0.25, 0.3) is 6.08 Å². The second-order valence-corrected chi connectivity index (χ2v) is 8.35. The number of likely N-dealkylation sites (tertiary alicyclic amines) is 1. The molecular weight excluding hydrogens is 444 g/mol. The van der Waals surface area contributed by atoms with Gasteiger partial charge in [0.1, 0.15) is 18.9 Å². The van der Waals surface area contributed by atoms with Gasteiger partial charge < -0.3 is 9.64 Å². The van der Waals surface area contributed by atoms with Crippen molar-refractivity contribution < 1.29 is 19.1 Å². The van der Waals surface area contributed by atoms with Crippen molar-refractivity contribution in [3.63, 3.8) is 0 Å². The average Bonchev–Trinajstić information content (AvgIpc) is 2.95. The monoisotopic (exact) mass is 464 g/mol. The van der Waals surface area contributed by atoms with Crippen molar-refractivity contribution in [3.05, 3.63) is 45.8 Å². The molecule has 3 amide bonds. The number of nitrogens with zero attached hydrogens (tertiary/aromatic N) is 2. The summed E-state index contributed by atoms with van der Waals surface area (Å²) in [6, 6.07) is 5.39. The van der Waals surface area contributed by atoms with Gasteiger partial charge in [-0.15, -0.1) is 0 Å². The second kappa shape index (κ2) is 9.43. The summed E-state index contributed by atoms with van der Waals surface area (Å²) in [5.41, 5.74) is 0.755. The molecule has 0 saturated carbocycles. The molecule has 1 aromatic rings. The number of thioether (sulfide) groups is 1. The number of hydrogen-bond donors (Lipinski definition) is 0. The highest BCUT2D eigenvalue weighted by atomic mass is 79.9. The number of hydrogen-bond acceptors (Lipinski definition) is 5. The molecule has 0 aliphatic carbocycles. The number of imide groups is 1. The molecule has 0 spiro atoms. The molecule has 2 aliphatic heterocycles. The highest BCUT2D eigenvalue weighted by Gasteiger charge is 2.37. The van der Waals surface area contributed by atoms with E-state index in [1.165, 1.54) is 0 Å². The van der Waals surface area contributed by atoms with Crippen LogP contribution in [0.15, 0.2) is 40.2 Å². The molecule has 3 rings (SSSR count). The van der Waals surface area contributed by atoms with Gasteiger partial charge in [-0.3, -0.25) is 19.3 Å². The zero-order valence-corrected chi connectivity index (χ0v) is 17.8. The van der Waals surface area contributed by atoms with Gasteiger partial charge >= 0.3 is 0 Å². The minimum atomic E-state index is -0.427. The topological polar surface area (TPSA) is 66.9 Å². The van der Waals surface area contributed by atoms with Gasteiger partial charge in [-0.2, -0.15) is 0 Å². The predicted molar refractivity (Wildman–Crippen MR) is 113 cm³/mol. The fourth-order valence-electron chi connectivity index (χ4n) is 3.04. The fourth-order valence-corrected chi connectivity index (χ4v) is 4.39. The predicted octanol–water partition coefficient (Wildman–Crippen LogP) is 4.06. The van der Waals surface area contributed by atoms with Crippen LogP contribution >= 0.6 is 27.7 Å². The summed E-state index contributed by atoms with van der Waals surface area (Å²) in [7, 11) is 0. The molecule has 1 aromatic carbocycles. The zero-order valence-electron chi connectivity index (χ0n) is 15.4. The van der Waals surface area contributed by atoms with Crippen LogP contribution in [0.3, 0.4) is 0 Å². The van der Waals surface area contributed by atoms with Gasteiger partial charge in [-0.05, 0) is 70.7 Å². The van der Waals surface area contributed by atoms with Crippen LogP contribution in [0.5, 0.6) is 5.75 Å². The van der Waals surface area contributed by atoms with E-state index >= 15 is 0 Å². The summed E-state index contributed by atoms with van der Waals surface area (Å²) in [5, 5.41) is -0.411. The molecule has 0 N–H and O–H groups in total. The van der Waals surface area contributed by atoms with E-state index in [0.717, 1.165) is 46.0 Å². The van der Waals surface area contributed by atoms with E-state index in [1.807, 2.05) is 6.07 Å². The molecule has 8 heteroatoms. The molecular formula is C20H21BrN2O4S. The maximum absolute atomic E-state index is 12.6. The Hall–Kier alpha value is -2.06. The molecule has 2 heterocycles. The Morgan fingerprint density at radius 3 is 2.68 bits per heavy atom. The summed E-state index contributed by atoms with van der Waals surface area (Å²) in [6.45, 7) is 5.19. The van der Waals surface area contributed by atoms with Crippen molar-refractivity contribution in [2.24, 2.45) is 0 Å². The van der Waals surface area contributed by atoms with Gasteiger partial charge in [0, 0.05) is 13.1 Å². The smallest absolute Gasteiger partial charge is 0.294 e. The van der Waals surface area contributed by atoms with Gasteiger partial charge in [0.25, 0.3) is 11.1 Å². The van der Waals surface area contributed by atoms with Gasteiger partial charge in [-0.25, -0.2) is 0 Å². The van der Waals surface area contributed by atoms with Crippen LogP contribution < -0.4 is 4.74 Å². The first-order valence-electron chi connectivity index (χ1n) is 9.06. The Morgan fingerprint density at radius 2 is 2.00 bits per heavy atom. The van der Waals surface area contributed by atoms with Gasteiger partial charge in [0.15, 0.2) is 0 Å². The number of carbonyl (C=O) groups excluding carboxylic acids is 3. The van der Waals surface area contributed by atoms with E-state index < -0.39 is 11.1 Å². The van der Waals surface area contributed by atoms with E-state index in [0.29, 0.717) is 30.4 Å². The largest absolute Gasteiger partial charge is 0.488 e. The molecule has 0 bridgehead atoms. The van der Waals surface area contributed by atoms with Crippen molar-refractivity contribution in [2.75, 3.05) is 26.2 Å². The van der Waals surface area contributed by atoms with Crippen LogP contribution in [0.2, 0.25) is 0 Å². The summed E-state index contributed by atoms with van der Waals surface area (Å²) in [5.74, 6) is 0.0652. The molecule has 0 radical (unpaired) electrons. The van der Waals surface area contributed by atoms with Gasteiger partial charge in [-0.1, -0.05) is 18.7 Å². The third kappa shape index (κ3) is 4.86. The molecule has 28 heavy (non-hydrogen) atoms. The summed E-state index contributed by atoms with van der Waals surface area (Å²) >= 11 is 4.29. The molecule has 0 unspecified atom stereocenters. The van der Waals surface area contributed by atoms with Crippen LogP contribution in [0.4, 0.5) is 4.79 Å². The fraction of sp³-hybridized carbons (Fsp3) is 0.350. The van der Waals surface area contributed by atoms with Gasteiger partial charge in [0.05, 0.1) is 9.38 Å². The third-order valence-electron chi connectivity index (χ3n) is 4.49. The van der Waals surface area contributed by atoms with Crippen molar-refractivity contribution in [1.29, 1.82) is 0 Å². The first kappa shape index (κ1) is 20.7. The lowest BCUT2D eigenvalue weighted by Gasteiger charge is -2.27. The van der Waals surface area contributed by atoms with Crippen LogP contribution in [0, 0.1) is 0 Å². The number of piperidine rings is 1. The number of benzene rings is 1. The minimum Gasteiger partial charge on any atom is -0.488 e. The molecule has 6 nitrogen and oxygen atoms in total. The van der Waals surface area contributed by atoms with E-state index in [1.54, 1.807) is 29.2 Å². The first-order chi connectivity index (χ1) is 13.5. The number of ether oxygens (including phenoxy) is 1. The normalized spacial score (nSPS) is 18.7. The highest BCUT2D eigenvalue weighted by molar-refractivity contribution is 9.10. The first-order valence-corrected chi connectivity index (χ1v) is 10.7. The Kier molecular flexibility index (Phi) is 6.96. The molecule has 2 aliphatic rings. The lowest BCUT2D eigenvalue weighted by molar-refractivity contribution is -0.136. The van der Waals surface area contributed by atoms with Crippen molar-refractivity contribution in [1.82, 2.24) is 9.80 Å². The van der Waals surface area contributed by atoms with E-state index in [4.69, 9.17) is 4.74 Å². The maximum Gasteiger partial charge on any atom is 0.294 e. The summed E-state index contributed by atoms with van der Waals surface area (Å²) < 4.78 is 6.24. The van der Waals surface area contributed by atoms with Crippen molar-refractivity contribution in [2.45, 2.75) is 19.3 Å². The Morgan fingerprint density at radius 1 is 1.25 bits per heavy atom.